The third-order valence-electron chi connectivity index (χ3n) is 4.36. The number of carbonyl (C=O) groups is 2. The Labute approximate surface area is 179 Å². The summed E-state index contributed by atoms with van der Waals surface area (Å²) in [5.41, 5.74) is 6.93. The van der Waals surface area contributed by atoms with Crippen LogP contribution in [0.2, 0.25) is 5.02 Å². The number of benzene rings is 2. The van der Waals surface area contributed by atoms with Crippen LogP contribution < -0.4 is 11.1 Å². The highest BCUT2D eigenvalue weighted by atomic mass is 35.5. The van der Waals surface area contributed by atoms with Gasteiger partial charge >= 0.3 is 0 Å². The smallest absolute Gasteiger partial charge is 0.234 e. The van der Waals surface area contributed by atoms with Gasteiger partial charge in [-0.15, -0.1) is 10.2 Å². The second kappa shape index (κ2) is 9.62. The van der Waals surface area contributed by atoms with E-state index in [-0.39, 0.29) is 24.8 Å². The van der Waals surface area contributed by atoms with Gasteiger partial charge in [0, 0.05) is 16.1 Å². The molecule has 0 fully saturated rings. The minimum atomic E-state index is -0.310. The maximum Gasteiger partial charge on any atom is 0.234 e. The molecule has 0 unspecified atom stereocenters. The lowest BCUT2D eigenvalue weighted by atomic mass is 10.0. The molecule has 0 aliphatic carbocycles. The molecule has 0 spiro atoms. The Morgan fingerprint density at radius 1 is 1.10 bits per heavy atom. The number of hydrogen-bond donors (Lipinski definition) is 2. The highest BCUT2D eigenvalue weighted by Crippen LogP contribution is 2.25. The summed E-state index contributed by atoms with van der Waals surface area (Å²) in [4.78, 5) is 26.9. The van der Waals surface area contributed by atoms with Crippen LogP contribution >= 0.6 is 11.6 Å². The summed E-state index contributed by atoms with van der Waals surface area (Å²) >= 11 is 6.22. The molecule has 0 aliphatic rings. The molecule has 156 valence electrons. The number of amides is 1. The summed E-state index contributed by atoms with van der Waals surface area (Å²) in [6.07, 6.45) is 0. The van der Waals surface area contributed by atoms with Crippen molar-refractivity contribution in [3.8, 4) is 5.69 Å². The molecule has 0 bridgehead atoms. The third-order valence-corrected chi connectivity index (χ3v) is 4.60. The second-order valence-corrected chi connectivity index (χ2v) is 7.38. The van der Waals surface area contributed by atoms with Crippen LogP contribution in [0.25, 0.3) is 5.69 Å². The number of nitrogens with zero attached hydrogens (tertiary/aromatic N) is 4. The van der Waals surface area contributed by atoms with Crippen molar-refractivity contribution in [3.05, 3.63) is 76.3 Å². The first-order valence-electron chi connectivity index (χ1n) is 9.35. The predicted molar refractivity (Wildman–Crippen MR) is 115 cm³/mol. The van der Waals surface area contributed by atoms with E-state index in [2.05, 4.69) is 15.5 Å². The Morgan fingerprint density at radius 3 is 2.47 bits per heavy atom. The summed E-state index contributed by atoms with van der Waals surface area (Å²) < 4.78 is 1.78. The van der Waals surface area contributed by atoms with Gasteiger partial charge in [0.25, 0.3) is 0 Å². The van der Waals surface area contributed by atoms with Crippen LogP contribution in [0.3, 0.4) is 0 Å². The van der Waals surface area contributed by atoms with Crippen molar-refractivity contribution in [1.82, 2.24) is 25.0 Å². The molecule has 0 saturated carbocycles. The Balaban J connectivity index is 2.13. The fraction of sp³-hybridized carbons (Fsp3) is 0.238. The van der Waals surface area contributed by atoms with Crippen LogP contribution in [0.4, 0.5) is 0 Å². The van der Waals surface area contributed by atoms with E-state index in [1.54, 1.807) is 34.9 Å². The molecule has 0 atom stereocenters. The third kappa shape index (κ3) is 4.91. The number of halogens is 1. The lowest BCUT2D eigenvalue weighted by Crippen LogP contribution is -2.31. The molecule has 0 aliphatic heterocycles. The first kappa shape index (κ1) is 21.6. The number of aromatic nitrogens is 3. The van der Waals surface area contributed by atoms with Crippen LogP contribution in [-0.4, -0.2) is 52.0 Å². The highest BCUT2D eigenvalue weighted by molar-refractivity contribution is 6.31. The zero-order valence-corrected chi connectivity index (χ0v) is 17.6. The largest absolute Gasteiger partial charge is 0.348 e. The van der Waals surface area contributed by atoms with Crippen molar-refractivity contribution < 1.29 is 9.59 Å². The molecular formula is C21H23ClN6O2. The number of nitrogens with two attached hydrogens (primary N) is 1. The zero-order valence-electron chi connectivity index (χ0n) is 16.8. The normalized spacial score (nSPS) is 11.0. The summed E-state index contributed by atoms with van der Waals surface area (Å²) in [5, 5.41) is 11.7. The summed E-state index contributed by atoms with van der Waals surface area (Å²) in [5.74, 6) is 0.629. The van der Waals surface area contributed by atoms with Gasteiger partial charge in [-0.05, 0) is 32.3 Å². The molecule has 3 N–H and O–H groups in total. The molecule has 1 amide bonds. The van der Waals surface area contributed by atoms with Crippen molar-refractivity contribution in [2.75, 3.05) is 20.6 Å². The molecule has 30 heavy (non-hydrogen) atoms. The van der Waals surface area contributed by atoms with Gasteiger partial charge in [0.1, 0.15) is 0 Å². The van der Waals surface area contributed by atoms with Crippen molar-refractivity contribution in [1.29, 1.82) is 0 Å². The van der Waals surface area contributed by atoms with E-state index in [1.807, 2.05) is 37.2 Å². The van der Waals surface area contributed by atoms with Crippen molar-refractivity contribution in [3.63, 3.8) is 0 Å². The van der Waals surface area contributed by atoms with E-state index >= 15 is 0 Å². The Kier molecular flexibility index (Phi) is 6.94. The second-order valence-electron chi connectivity index (χ2n) is 6.94. The monoisotopic (exact) mass is 426 g/mol. The maximum atomic E-state index is 13.3. The van der Waals surface area contributed by atoms with Crippen LogP contribution in [-0.2, 0) is 17.9 Å². The van der Waals surface area contributed by atoms with E-state index in [9.17, 15) is 9.59 Å². The maximum absolute atomic E-state index is 13.3. The predicted octanol–water partition coefficient (Wildman–Crippen LogP) is 1.79. The van der Waals surface area contributed by atoms with Gasteiger partial charge in [0.05, 0.1) is 25.3 Å². The summed E-state index contributed by atoms with van der Waals surface area (Å²) in [6, 6.07) is 14.1. The molecule has 1 heterocycles. The molecule has 9 heteroatoms. The minimum Gasteiger partial charge on any atom is -0.348 e. The summed E-state index contributed by atoms with van der Waals surface area (Å²) in [7, 11) is 3.82. The van der Waals surface area contributed by atoms with E-state index in [0.29, 0.717) is 40.0 Å². The van der Waals surface area contributed by atoms with Crippen molar-refractivity contribution in [2.24, 2.45) is 5.73 Å². The van der Waals surface area contributed by atoms with Gasteiger partial charge in [0.15, 0.2) is 17.4 Å². The molecule has 3 rings (SSSR count). The van der Waals surface area contributed by atoms with Crippen LogP contribution in [0.5, 0.6) is 0 Å². The zero-order chi connectivity index (χ0) is 21.7. The Morgan fingerprint density at radius 2 is 1.80 bits per heavy atom. The van der Waals surface area contributed by atoms with Gasteiger partial charge in [-0.1, -0.05) is 41.9 Å². The molecule has 1 aromatic heterocycles. The fourth-order valence-electron chi connectivity index (χ4n) is 3.01. The SMILES string of the molecule is CN(C)Cc1nnc(CNC(=O)CN)n1-c1ccc(Cl)cc1C(=O)c1ccccc1. The van der Waals surface area contributed by atoms with Crippen LogP contribution in [0, 0.1) is 0 Å². The van der Waals surface area contributed by atoms with E-state index in [1.165, 1.54) is 0 Å². The first-order chi connectivity index (χ1) is 14.4. The average Bonchev–Trinajstić information content (AvgIpc) is 3.13. The number of hydrogen-bond acceptors (Lipinski definition) is 6. The standard InChI is InChI=1S/C21H23ClN6O2/c1-27(2)13-19-26-25-18(12-24-20(29)11-23)28(19)17-9-8-15(22)10-16(17)21(30)14-6-4-3-5-7-14/h3-10H,11-13,23H2,1-2H3,(H,24,29). The molecule has 0 saturated heterocycles. The lowest BCUT2D eigenvalue weighted by molar-refractivity contribution is -0.119. The number of ketones is 1. The van der Waals surface area contributed by atoms with Crippen molar-refractivity contribution >= 4 is 23.3 Å². The van der Waals surface area contributed by atoms with E-state index in [4.69, 9.17) is 17.3 Å². The average molecular weight is 427 g/mol. The highest BCUT2D eigenvalue weighted by Gasteiger charge is 2.21. The molecule has 0 radical (unpaired) electrons. The van der Waals surface area contributed by atoms with Gasteiger partial charge < -0.3 is 16.0 Å². The van der Waals surface area contributed by atoms with E-state index in [0.717, 1.165) is 0 Å². The Hall–Kier alpha value is -3.07. The van der Waals surface area contributed by atoms with Gasteiger partial charge in [-0.25, -0.2) is 0 Å². The number of carbonyl (C=O) groups excluding carboxylic acids is 2. The summed E-state index contributed by atoms with van der Waals surface area (Å²) in [6.45, 7) is 0.481. The fourth-order valence-corrected chi connectivity index (χ4v) is 3.18. The Bertz CT molecular complexity index is 1050. The van der Waals surface area contributed by atoms with Gasteiger partial charge in [0.2, 0.25) is 5.91 Å². The van der Waals surface area contributed by atoms with Gasteiger partial charge in [-0.2, -0.15) is 0 Å². The van der Waals surface area contributed by atoms with Crippen molar-refractivity contribution in [2.45, 2.75) is 13.1 Å². The molecule has 3 aromatic rings. The molecular weight excluding hydrogens is 404 g/mol. The van der Waals surface area contributed by atoms with Gasteiger partial charge in [-0.3, -0.25) is 14.2 Å². The lowest BCUT2D eigenvalue weighted by Gasteiger charge is -2.17. The molecule has 2 aromatic carbocycles. The van der Waals surface area contributed by atoms with Crippen LogP contribution in [0.1, 0.15) is 27.6 Å². The number of nitrogens with one attached hydrogen (secondary N) is 1. The molecule has 8 nitrogen and oxygen atoms in total. The topological polar surface area (TPSA) is 106 Å². The quantitative estimate of drug-likeness (QED) is 0.532. The number of rotatable bonds is 8. The van der Waals surface area contributed by atoms with E-state index < -0.39 is 0 Å². The minimum absolute atomic E-state index is 0.123. The first-order valence-corrected chi connectivity index (χ1v) is 9.73. The van der Waals surface area contributed by atoms with Crippen LogP contribution in [0.15, 0.2) is 48.5 Å².